The molecule has 168 valence electrons. The van der Waals surface area contributed by atoms with Gasteiger partial charge in [-0.15, -0.1) is 0 Å². The van der Waals surface area contributed by atoms with Crippen LogP contribution in [0.4, 0.5) is 10.2 Å². The monoisotopic (exact) mass is 449 g/mol. The second kappa shape index (κ2) is 7.98. The summed E-state index contributed by atoms with van der Waals surface area (Å²) in [5.74, 6) is -0.137. The first kappa shape index (κ1) is 21.1. The van der Waals surface area contributed by atoms with Crippen LogP contribution in [0.3, 0.4) is 0 Å². The minimum atomic E-state index is -0.831. The number of likely N-dealkylation sites (tertiary alicyclic amines) is 1. The van der Waals surface area contributed by atoms with Crippen LogP contribution in [0.15, 0.2) is 6.20 Å². The first-order valence-corrected chi connectivity index (χ1v) is 11.6. The highest BCUT2D eigenvalue weighted by Gasteiger charge is 2.45. The predicted molar refractivity (Wildman–Crippen MR) is 117 cm³/mol. The van der Waals surface area contributed by atoms with Crippen LogP contribution < -0.4 is 9.64 Å². The maximum absolute atomic E-state index is 14.8. The highest BCUT2D eigenvalue weighted by Crippen LogP contribution is 2.47. The topological polar surface area (TPSA) is 74.6 Å². The Morgan fingerprint density at radius 3 is 2.65 bits per heavy atom. The lowest BCUT2D eigenvalue weighted by atomic mass is 9.95. The zero-order chi connectivity index (χ0) is 21.6. The molecule has 7 nitrogen and oxygen atoms in total. The Morgan fingerprint density at radius 1 is 1.16 bits per heavy atom. The third-order valence-corrected chi connectivity index (χ3v) is 7.06. The number of β-amino-alcohol motifs (C(OH)–C–C–N with tert-alkyl or cyclic N) is 1. The van der Waals surface area contributed by atoms with E-state index in [1.165, 1.54) is 19.0 Å². The Labute approximate surface area is 186 Å². The highest BCUT2D eigenvalue weighted by molar-refractivity contribution is 6.30. The Balaban J connectivity index is 1.43. The number of fused-ring (bicyclic) bond motifs is 1. The van der Waals surface area contributed by atoms with Crippen LogP contribution in [-0.4, -0.2) is 69.9 Å². The van der Waals surface area contributed by atoms with Gasteiger partial charge in [0.05, 0.1) is 17.6 Å². The Morgan fingerprint density at radius 2 is 1.94 bits per heavy atom. The fourth-order valence-corrected chi connectivity index (χ4v) is 5.00. The lowest BCUT2D eigenvalue weighted by Gasteiger charge is -2.37. The van der Waals surface area contributed by atoms with Gasteiger partial charge in [0.2, 0.25) is 0 Å². The molecular weight excluding hydrogens is 421 g/mol. The average Bonchev–Trinajstić information content (AvgIpc) is 3.31. The molecule has 2 aromatic rings. The minimum absolute atomic E-state index is 0.106. The number of hydrogen-bond donors (Lipinski definition) is 1. The van der Waals surface area contributed by atoms with E-state index in [4.69, 9.17) is 16.3 Å². The summed E-state index contributed by atoms with van der Waals surface area (Å²) in [5, 5.41) is 10.8. The molecule has 0 radical (unpaired) electrons. The van der Waals surface area contributed by atoms with Gasteiger partial charge >= 0.3 is 6.01 Å². The van der Waals surface area contributed by atoms with E-state index in [2.05, 4.69) is 19.9 Å². The highest BCUT2D eigenvalue weighted by atomic mass is 35.5. The Hall–Kier alpha value is -1.77. The van der Waals surface area contributed by atoms with Crippen molar-refractivity contribution in [1.29, 1.82) is 0 Å². The molecule has 1 N–H and O–H groups in total. The quantitative estimate of drug-likeness (QED) is 0.677. The van der Waals surface area contributed by atoms with Crippen molar-refractivity contribution in [3.05, 3.63) is 17.2 Å². The summed E-state index contributed by atoms with van der Waals surface area (Å²) in [6, 6.07) is 0.154. The zero-order valence-corrected chi connectivity index (χ0v) is 18.7. The van der Waals surface area contributed by atoms with Crippen molar-refractivity contribution in [2.24, 2.45) is 5.41 Å². The normalized spacial score (nSPS) is 25.9. The molecule has 31 heavy (non-hydrogen) atoms. The minimum Gasteiger partial charge on any atom is -0.463 e. The Kier molecular flexibility index (Phi) is 5.43. The second-order valence-electron chi connectivity index (χ2n) is 9.75. The molecule has 1 saturated carbocycles. The van der Waals surface area contributed by atoms with Crippen LogP contribution in [0.5, 0.6) is 6.01 Å². The summed E-state index contributed by atoms with van der Waals surface area (Å²) in [5.41, 5.74) is -0.580. The van der Waals surface area contributed by atoms with Crippen molar-refractivity contribution < 1.29 is 14.2 Å². The summed E-state index contributed by atoms with van der Waals surface area (Å²) >= 11 is 5.93. The second-order valence-corrected chi connectivity index (χ2v) is 10.1. The zero-order valence-electron chi connectivity index (χ0n) is 17.9. The van der Waals surface area contributed by atoms with Crippen LogP contribution in [0.2, 0.25) is 5.15 Å². The van der Waals surface area contributed by atoms with E-state index in [0.29, 0.717) is 37.3 Å². The van der Waals surface area contributed by atoms with Crippen LogP contribution in [0, 0.1) is 11.2 Å². The van der Waals surface area contributed by atoms with Crippen LogP contribution in [-0.2, 0) is 0 Å². The van der Waals surface area contributed by atoms with E-state index < -0.39 is 11.4 Å². The van der Waals surface area contributed by atoms with Gasteiger partial charge in [-0.05, 0) is 58.5 Å². The lowest BCUT2D eigenvalue weighted by Crippen LogP contribution is -2.46. The summed E-state index contributed by atoms with van der Waals surface area (Å²) in [6.07, 6.45) is 7.82. The number of anilines is 1. The van der Waals surface area contributed by atoms with Gasteiger partial charge in [0.15, 0.2) is 11.0 Å². The molecule has 1 atom stereocenters. The number of hydrogen-bond acceptors (Lipinski definition) is 7. The third-order valence-electron chi connectivity index (χ3n) is 6.80. The first-order valence-electron chi connectivity index (χ1n) is 11.2. The fraction of sp³-hybridized carbons (Fsp3) is 0.682. The van der Waals surface area contributed by atoms with E-state index in [1.807, 2.05) is 11.8 Å². The maximum atomic E-state index is 14.8. The number of piperidine rings is 1. The summed E-state index contributed by atoms with van der Waals surface area (Å²) in [6.45, 7) is 6.80. The third kappa shape index (κ3) is 4.43. The molecule has 0 amide bonds. The molecule has 3 aliphatic rings. The van der Waals surface area contributed by atoms with Gasteiger partial charge in [-0.2, -0.15) is 9.97 Å². The first-order chi connectivity index (χ1) is 14.8. The number of aliphatic hydroxyl groups is 1. The molecule has 3 fully saturated rings. The molecule has 0 spiro atoms. The van der Waals surface area contributed by atoms with Crippen molar-refractivity contribution in [1.82, 2.24) is 19.9 Å². The number of ether oxygens (including phenoxy) is 1. The van der Waals surface area contributed by atoms with Crippen molar-refractivity contribution in [2.75, 3.05) is 44.2 Å². The molecule has 1 unspecified atom stereocenters. The number of halogens is 2. The molecule has 2 aliphatic heterocycles. The summed E-state index contributed by atoms with van der Waals surface area (Å²) in [7, 11) is 0. The van der Waals surface area contributed by atoms with Gasteiger partial charge in [0.25, 0.3) is 0 Å². The molecule has 5 rings (SSSR count). The lowest BCUT2D eigenvalue weighted by molar-refractivity contribution is 0.0447. The SMILES string of the molecule is CC1(O)CCCN(c2nc(OCC3(CN4CCCC4)CC3)nc3c(F)c(Cl)ncc23)C1. The number of rotatable bonds is 6. The molecule has 0 bridgehead atoms. The van der Waals surface area contributed by atoms with E-state index in [9.17, 15) is 9.50 Å². The predicted octanol–water partition coefficient (Wildman–Crippen LogP) is 3.42. The van der Waals surface area contributed by atoms with E-state index in [1.54, 1.807) is 0 Å². The molecule has 4 heterocycles. The molecule has 2 aromatic heterocycles. The van der Waals surface area contributed by atoms with Crippen molar-refractivity contribution >= 4 is 28.3 Å². The van der Waals surface area contributed by atoms with E-state index in [0.717, 1.165) is 38.9 Å². The molecule has 1 aliphatic carbocycles. The van der Waals surface area contributed by atoms with Gasteiger partial charge in [0.1, 0.15) is 11.3 Å². The van der Waals surface area contributed by atoms with Gasteiger partial charge in [-0.25, -0.2) is 9.37 Å². The van der Waals surface area contributed by atoms with Gasteiger partial charge in [0, 0.05) is 31.2 Å². The van der Waals surface area contributed by atoms with Gasteiger partial charge in [-0.3, -0.25) is 0 Å². The van der Waals surface area contributed by atoms with E-state index in [-0.39, 0.29) is 22.1 Å². The molecule has 9 heteroatoms. The molecule has 0 aromatic carbocycles. The molecule has 2 saturated heterocycles. The smallest absolute Gasteiger partial charge is 0.319 e. The number of aromatic nitrogens is 3. The molecular formula is C22H29ClFN5O2. The van der Waals surface area contributed by atoms with Crippen LogP contribution in [0.1, 0.15) is 45.4 Å². The van der Waals surface area contributed by atoms with Gasteiger partial charge < -0.3 is 19.6 Å². The van der Waals surface area contributed by atoms with Crippen LogP contribution in [0.25, 0.3) is 10.9 Å². The number of pyridine rings is 1. The van der Waals surface area contributed by atoms with Crippen molar-refractivity contribution in [2.45, 2.75) is 51.0 Å². The van der Waals surface area contributed by atoms with E-state index >= 15 is 0 Å². The summed E-state index contributed by atoms with van der Waals surface area (Å²) in [4.78, 5) is 17.4. The largest absolute Gasteiger partial charge is 0.463 e. The fourth-order valence-electron chi connectivity index (χ4n) is 4.86. The average molecular weight is 450 g/mol. The van der Waals surface area contributed by atoms with Crippen LogP contribution >= 0.6 is 11.6 Å². The van der Waals surface area contributed by atoms with Gasteiger partial charge in [-0.1, -0.05) is 11.6 Å². The maximum Gasteiger partial charge on any atom is 0.319 e. The standard InChI is InChI=1S/C22H29ClFN5O2/c1-21(30)5-4-10-29(12-21)19-15-11-25-18(23)16(24)17(15)26-20(27-19)31-14-22(6-7-22)13-28-8-2-3-9-28/h11,30H,2-10,12-14H2,1H3. The number of nitrogens with zero attached hydrogens (tertiary/aromatic N) is 5. The summed E-state index contributed by atoms with van der Waals surface area (Å²) < 4.78 is 20.9. The van der Waals surface area contributed by atoms with Crippen molar-refractivity contribution in [3.8, 4) is 6.01 Å². The Bertz CT molecular complexity index is 978. The van der Waals surface area contributed by atoms with Crippen molar-refractivity contribution in [3.63, 3.8) is 0 Å².